The zero-order valence-corrected chi connectivity index (χ0v) is 7.92. The molecule has 15 heavy (non-hydrogen) atoms. The number of carboxylic acid groups (broad SMARTS) is 3. The van der Waals surface area contributed by atoms with Crippen LogP contribution in [0.25, 0.3) is 0 Å². The summed E-state index contributed by atoms with van der Waals surface area (Å²) in [4.78, 5) is 30.9. The molecule has 1 unspecified atom stereocenters. The molecule has 0 radical (unpaired) electrons. The summed E-state index contributed by atoms with van der Waals surface area (Å²) in [6.07, 6.45) is 2.00. The number of rotatable bonds is 7. The molecule has 1 atom stereocenters. The molecule has 0 aliphatic rings. The van der Waals surface area contributed by atoms with Crippen molar-refractivity contribution in [2.75, 3.05) is 0 Å². The highest BCUT2D eigenvalue weighted by Gasteiger charge is 2.14. The van der Waals surface area contributed by atoms with Crippen molar-refractivity contribution in [3.63, 3.8) is 0 Å². The highest BCUT2D eigenvalue weighted by Crippen LogP contribution is 2.10. The number of carboxylic acids is 3. The van der Waals surface area contributed by atoms with Gasteiger partial charge in [-0.2, -0.15) is 0 Å². The smallest absolute Gasteiger partial charge is 0.328 e. The molecule has 6 heteroatoms. The van der Waals surface area contributed by atoms with Gasteiger partial charge in [-0.15, -0.1) is 0 Å². The largest absolute Gasteiger partial charge is 0.481 e. The van der Waals surface area contributed by atoms with Gasteiger partial charge in [-0.1, -0.05) is 6.08 Å². The Morgan fingerprint density at radius 3 is 2.13 bits per heavy atom. The summed E-state index contributed by atoms with van der Waals surface area (Å²) in [5.74, 6) is -4.32. The second-order valence-electron chi connectivity index (χ2n) is 2.93. The Labute approximate surface area is 85.8 Å². The molecule has 0 saturated heterocycles. The standard InChI is InChI=1S/C9H12O6/c10-7(11)3-1-2-6(9(14)15)4-5-8(12)13/h4-6H,1-3H2,(H,10,11)(H,12,13)(H,14,15). The van der Waals surface area contributed by atoms with Gasteiger partial charge in [0.25, 0.3) is 0 Å². The van der Waals surface area contributed by atoms with Crippen LogP contribution in [0, 0.1) is 5.92 Å². The van der Waals surface area contributed by atoms with Gasteiger partial charge in [0.2, 0.25) is 0 Å². The van der Waals surface area contributed by atoms with Gasteiger partial charge in [0.1, 0.15) is 0 Å². The molecule has 0 rings (SSSR count). The number of hydrogen-bond donors (Lipinski definition) is 3. The molecule has 0 saturated carbocycles. The maximum Gasteiger partial charge on any atom is 0.328 e. The average molecular weight is 216 g/mol. The Morgan fingerprint density at radius 2 is 1.73 bits per heavy atom. The van der Waals surface area contributed by atoms with Crippen molar-refractivity contribution in [3.05, 3.63) is 12.2 Å². The van der Waals surface area contributed by atoms with E-state index in [1.165, 1.54) is 0 Å². The second-order valence-corrected chi connectivity index (χ2v) is 2.93. The predicted molar refractivity (Wildman–Crippen MR) is 49.4 cm³/mol. The van der Waals surface area contributed by atoms with Crippen LogP contribution < -0.4 is 0 Å². The van der Waals surface area contributed by atoms with Crippen LogP contribution >= 0.6 is 0 Å². The van der Waals surface area contributed by atoms with Crippen LogP contribution in [0.1, 0.15) is 19.3 Å². The summed E-state index contributed by atoms with van der Waals surface area (Å²) < 4.78 is 0. The van der Waals surface area contributed by atoms with Crippen LogP contribution in [0.2, 0.25) is 0 Å². The fourth-order valence-corrected chi connectivity index (χ4v) is 0.974. The third-order valence-electron chi connectivity index (χ3n) is 1.69. The van der Waals surface area contributed by atoms with E-state index in [0.29, 0.717) is 0 Å². The molecule has 84 valence electrons. The van der Waals surface area contributed by atoms with Crippen molar-refractivity contribution < 1.29 is 29.7 Å². The first-order valence-electron chi connectivity index (χ1n) is 4.29. The van der Waals surface area contributed by atoms with Crippen molar-refractivity contribution >= 4 is 17.9 Å². The molecule has 6 nitrogen and oxygen atoms in total. The topological polar surface area (TPSA) is 112 Å². The van der Waals surface area contributed by atoms with Gasteiger partial charge in [0.05, 0.1) is 5.92 Å². The third kappa shape index (κ3) is 7.24. The maximum absolute atomic E-state index is 10.6. The average Bonchev–Trinajstić information content (AvgIpc) is 2.09. The zero-order valence-electron chi connectivity index (χ0n) is 7.92. The molecule has 0 heterocycles. The summed E-state index contributed by atoms with van der Waals surface area (Å²) in [6.45, 7) is 0. The summed E-state index contributed by atoms with van der Waals surface area (Å²) in [5, 5.41) is 25.3. The second kappa shape index (κ2) is 6.58. The Hall–Kier alpha value is -1.85. The van der Waals surface area contributed by atoms with Gasteiger partial charge in [0.15, 0.2) is 0 Å². The first kappa shape index (κ1) is 13.2. The molecule has 0 amide bonds. The summed E-state index contributed by atoms with van der Waals surface area (Å²) in [5.41, 5.74) is 0. The SMILES string of the molecule is O=C(O)C=CC(CCCC(=O)O)C(=O)O. The highest BCUT2D eigenvalue weighted by molar-refractivity contribution is 5.81. The highest BCUT2D eigenvalue weighted by atomic mass is 16.4. The lowest BCUT2D eigenvalue weighted by molar-refractivity contribution is -0.141. The molecule has 0 bridgehead atoms. The normalized spacial score (nSPS) is 12.5. The molecular formula is C9H12O6. The minimum Gasteiger partial charge on any atom is -0.481 e. The van der Waals surface area contributed by atoms with Gasteiger partial charge in [-0.25, -0.2) is 4.79 Å². The number of carbonyl (C=O) groups is 3. The first-order valence-corrected chi connectivity index (χ1v) is 4.29. The van der Waals surface area contributed by atoms with Crippen molar-refractivity contribution in [2.45, 2.75) is 19.3 Å². The molecule has 0 aromatic carbocycles. The van der Waals surface area contributed by atoms with Crippen LogP contribution in [0.3, 0.4) is 0 Å². The molecule has 0 aromatic rings. The van der Waals surface area contributed by atoms with Gasteiger partial charge in [-0.3, -0.25) is 9.59 Å². The van der Waals surface area contributed by atoms with E-state index in [9.17, 15) is 14.4 Å². The van der Waals surface area contributed by atoms with E-state index in [-0.39, 0.29) is 19.3 Å². The van der Waals surface area contributed by atoms with E-state index in [0.717, 1.165) is 12.2 Å². The van der Waals surface area contributed by atoms with Crippen molar-refractivity contribution in [1.29, 1.82) is 0 Å². The molecule has 0 spiro atoms. The Morgan fingerprint density at radius 1 is 1.13 bits per heavy atom. The summed E-state index contributed by atoms with van der Waals surface area (Å²) in [6, 6.07) is 0. The third-order valence-corrected chi connectivity index (χ3v) is 1.69. The molecule has 0 fully saturated rings. The summed E-state index contributed by atoms with van der Waals surface area (Å²) >= 11 is 0. The van der Waals surface area contributed by atoms with Crippen LogP contribution in [-0.4, -0.2) is 33.2 Å². The Kier molecular flexibility index (Phi) is 5.77. The quantitative estimate of drug-likeness (QED) is 0.537. The lowest BCUT2D eigenvalue weighted by Crippen LogP contribution is -2.12. The van der Waals surface area contributed by atoms with E-state index in [2.05, 4.69) is 0 Å². The number of aliphatic carboxylic acids is 3. The Bertz CT molecular complexity index is 280. The van der Waals surface area contributed by atoms with Crippen LogP contribution in [-0.2, 0) is 14.4 Å². The van der Waals surface area contributed by atoms with Crippen LogP contribution in [0.4, 0.5) is 0 Å². The lowest BCUT2D eigenvalue weighted by atomic mass is 10.0. The van der Waals surface area contributed by atoms with Gasteiger partial charge < -0.3 is 15.3 Å². The molecule has 3 N–H and O–H groups in total. The van der Waals surface area contributed by atoms with E-state index in [1.807, 2.05) is 0 Å². The molecule has 0 aliphatic carbocycles. The fourth-order valence-electron chi connectivity index (χ4n) is 0.974. The van der Waals surface area contributed by atoms with Crippen molar-refractivity contribution in [1.82, 2.24) is 0 Å². The zero-order chi connectivity index (χ0) is 11.8. The lowest BCUT2D eigenvalue weighted by Gasteiger charge is -2.05. The minimum absolute atomic E-state index is 0.116. The summed E-state index contributed by atoms with van der Waals surface area (Å²) in [7, 11) is 0. The van der Waals surface area contributed by atoms with Crippen LogP contribution in [0.5, 0.6) is 0 Å². The predicted octanol–water partition coefficient (Wildman–Crippen LogP) is 0.583. The van der Waals surface area contributed by atoms with Crippen molar-refractivity contribution in [3.8, 4) is 0 Å². The number of hydrogen-bond acceptors (Lipinski definition) is 3. The molecule has 0 aromatic heterocycles. The monoisotopic (exact) mass is 216 g/mol. The fraction of sp³-hybridized carbons (Fsp3) is 0.444. The molecule has 0 aliphatic heterocycles. The first-order chi connectivity index (χ1) is 6.93. The van der Waals surface area contributed by atoms with Gasteiger partial charge in [0, 0.05) is 12.5 Å². The Balaban J connectivity index is 4.11. The van der Waals surface area contributed by atoms with Gasteiger partial charge in [-0.05, 0) is 12.8 Å². The van der Waals surface area contributed by atoms with Crippen LogP contribution in [0.15, 0.2) is 12.2 Å². The van der Waals surface area contributed by atoms with E-state index in [4.69, 9.17) is 15.3 Å². The molecular weight excluding hydrogens is 204 g/mol. The van der Waals surface area contributed by atoms with E-state index in [1.54, 1.807) is 0 Å². The van der Waals surface area contributed by atoms with Crippen molar-refractivity contribution in [2.24, 2.45) is 5.92 Å². The van der Waals surface area contributed by atoms with Gasteiger partial charge >= 0.3 is 17.9 Å². The van der Waals surface area contributed by atoms with E-state index < -0.39 is 23.8 Å². The minimum atomic E-state index is -1.22. The van der Waals surface area contributed by atoms with E-state index >= 15 is 0 Å². The maximum atomic E-state index is 10.6.